The van der Waals surface area contributed by atoms with Crippen molar-refractivity contribution in [1.29, 1.82) is 0 Å². The van der Waals surface area contributed by atoms with Gasteiger partial charge in [0.2, 0.25) is 0 Å². The number of methoxy groups -OCH3 is 1. The van der Waals surface area contributed by atoms with Crippen LogP contribution in [-0.2, 0) is 11.2 Å². The highest BCUT2D eigenvalue weighted by Gasteiger charge is 2.04. The molecule has 0 radical (unpaired) electrons. The average Bonchev–Trinajstić information content (AvgIpc) is 2.34. The number of carbonyl (C=O) groups is 1. The third-order valence-electron chi connectivity index (χ3n) is 2.38. The molecule has 84 valence electrons. The summed E-state index contributed by atoms with van der Waals surface area (Å²) >= 11 is 0. The normalized spacial score (nSPS) is 9.50. The lowest BCUT2D eigenvalue weighted by atomic mass is 10.0. The van der Waals surface area contributed by atoms with Crippen molar-refractivity contribution in [3.05, 3.63) is 35.4 Å². The SMILES string of the molecule is C#CCCCCc1cccc(C(=O)OC)c1. The molecular weight excluding hydrogens is 200 g/mol. The maximum Gasteiger partial charge on any atom is 0.337 e. The van der Waals surface area contributed by atoms with E-state index < -0.39 is 0 Å². The highest BCUT2D eigenvalue weighted by atomic mass is 16.5. The predicted molar refractivity (Wildman–Crippen MR) is 64.2 cm³/mol. The van der Waals surface area contributed by atoms with E-state index in [4.69, 9.17) is 6.42 Å². The van der Waals surface area contributed by atoms with Gasteiger partial charge in [0, 0.05) is 6.42 Å². The molecule has 0 fully saturated rings. The average molecular weight is 216 g/mol. The van der Waals surface area contributed by atoms with Gasteiger partial charge in [0.1, 0.15) is 0 Å². The number of rotatable bonds is 5. The summed E-state index contributed by atoms with van der Waals surface area (Å²) in [6.07, 6.45) is 9.02. The minimum atomic E-state index is -0.287. The number of benzene rings is 1. The van der Waals surface area contributed by atoms with Crippen LogP contribution in [0.2, 0.25) is 0 Å². The van der Waals surface area contributed by atoms with E-state index in [2.05, 4.69) is 10.7 Å². The van der Waals surface area contributed by atoms with E-state index in [0.717, 1.165) is 31.2 Å². The number of hydrogen-bond acceptors (Lipinski definition) is 2. The first-order valence-corrected chi connectivity index (χ1v) is 5.38. The van der Waals surface area contributed by atoms with Crippen LogP contribution in [0, 0.1) is 12.3 Å². The lowest BCUT2D eigenvalue weighted by Gasteiger charge is -2.03. The summed E-state index contributed by atoms with van der Waals surface area (Å²) in [4.78, 5) is 11.3. The molecular formula is C14H16O2. The molecule has 1 aromatic rings. The molecule has 1 rings (SSSR count). The van der Waals surface area contributed by atoms with Gasteiger partial charge in [-0.2, -0.15) is 0 Å². The van der Waals surface area contributed by atoms with Gasteiger partial charge >= 0.3 is 5.97 Å². The Labute approximate surface area is 96.6 Å². The van der Waals surface area contributed by atoms with Crippen molar-refractivity contribution in [2.75, 3.05) is 7.11 Å². The predicted octanol–water partition coefficient (Wildman–Crippen LogP) is 2.82. The van der Waals surface area contributed by atoms with Crippen LogP contribution in [0.4, 0.5) is 0 Å². The Balaban J connectivity index is 2.54. The number of unbranched alkanes of at least 4 members (excludes halogenated alkanes) is 2. The zero-order valence-electron chi connectivity index (χ0n) is 9.53. The third-order valence-corrected chi connectivity index (χ3v) is 2.38. The molecule has 0 aliphatic carbocycles. The molecule has 0 unspecified atom stereocenters. The highest BCUT2D eigenvalue weighted by molar-refractivity contribution is 5.89. The van der Waals surface area contributed by atoms with Crippen LogP contribution in [0.5, 0.6) is 0 Å². The van der Waals surface area contributed by atoms with E-state index >= 15 is 0 Å². The van der Waals surface area contributed by atoms with Crippen LogP contribution in [0.3, 0.4) is 0 Å². The maximum absolute atomic E-state index is 11.3. The van der Waals surface area contributed by atoms with Crippen LogP contribution in [-0.4, -0.2) is 13.1 Å². The molecule has 0 spiro atoms. The van der Waals surface area contributed by atoms with E-state index in [1.165, 1.54) is 7.11 Å². The Bertz CT molecular complexity index is 388. The van der Waals surface area contributed by atoms with E-state index in [1.807, 2.05) is 18.2 Å². The quantitative estimate of drug-likeness (QED) is 0.430. The number of esters is 1. The summed E-state index contributed by atoms with van der Waals surface area (Å²) in [5.74, 6) is 2.33. The van der Waals surface area contributed by atoms with Gasteiger partial charge in [0.15, 0.2) is 0 Å². The van der Waals surface area contributed by atoms with Crippen LogP contribution in [0.25, 0.3) is 0 Å². The summed E-state index contributed by atoms with van der Waals surface area (Å²) < 4.78 is 4.67. The second kappa shape index (κ2) is 6.68. The lowest BCUT2D eigenvalue weighted by Crippen LogP contribution is -2.01. The lowest BCUT2D eigenvalue weighted by molar-refractivity contribution is 0.0600. The fraction of sp³-hybridized carbons (Fsp3) is 0.357. The Hall–Kier alpha value is -1.75. The van der Waals surface area contributed by atoms with Gasteiger partial charge in [-0.1, -0.05) is 12.1 Å². The Morgan fingerprint density at radius 3 is 2.94 bits per heavy atom. The van der Waals surface area contributed by atoms with Crippen molar-refractivity contribution in [1.82, 2.24) is 0 Å². The van der Waals surface area contributed by atoms with Gasteiger partial charge < -0.3 is 4.74 Å². The molecule has 16 heavy (non-hydrogen) atoms. The minimum absolute atomic E-state index is 0.287. The van der Waals surface area contributed by atoms with Crippen LogP contribution < -0.4 is 0 Å². The Morgan fingerprint density at radius 1 is 1.44 bits per heavy atom. The molecule has 0 aromatic heterocycles. The van der Waals surface area contributed by atoms with Gasteiger partial charge in [-0.15, -0.1) is 12.3 Å². The first kappa shape index (κ1) is 12.3. The number of terminal acetylenes is 1. The van der Waals surface area contributed by atoms with Gasteiger partial charge in [-0.3, -0.25) is 0 Å². The smallest absolute Gasteiger partial charge is 0.337 e. The molecule has 0 bridgehead atoms. The molecule has 0 aliphatic heterocycles. The van der Waals surface area contributed by atoms with E-state index in [1.54, 1.807) is 6.07 Å². The van der Waals surface area contributed by atoms with Crippen molar-refractivity contribution >= 4 is 5.97 Å². The second-order valence-corrected chi connectivity index (χ2v) is 3.60. The van der Waals surface area contributed by atoms with E-state index in [-0.39, 0.29) is 5.97 Å². The van der Waals surface area contributed by atoms with Crippen LogP contribution >= 0.6 is 0 Å². The monoisotopic (exact) mass is 216 g/mol. The van der Waals surface area contributed by atoms with Crippen molar-refractivity contribution < 1.29 is 9.53 Å². The number of ether oxygens (including phenoxy) is 1. The summed E-state index contributed by atoms with van der Waals surface area (Å²) in [6, 6.07) is 7.53. The van der Waals surface area contributed by atoms with Gasteiger partial charge in [0.25, 0.3) is 0 Å². The molecule has 0 saturated heterocycles. The van der Waals surface area contributed by atoms with E-state index in [0.29, 0.717) is 5.56 Å². The maximum atomic E-state index is 11.3. The van der Waals surface area contributed by atoms with Crippen molar-refractivity contribution in [3.63, 3.8) is 0 Å². The number of aryl methyl sites for hydroxylation is 1. The largest absolute Gasteiger partial charge is 0.465 e. The highest BCUT2D eigenvalue weighted by Crippen LogP contribution is 2.10. The van der Waals surface area contributed by atoms with Crippen molar-refractivity contribution in [2.45, 2.75) is 25.7 Å². The van der Waals surface area contributed by atoms with Crippen LogP contribution in [0.15, 0.2) is 24.3 Å². The molecule has 0 atom stereocenters. The molecule has 1 aromatic carbocycles. The van der Waals surface area contributed by atoms with Gasteiger partial charge in [0.05, 0.1) is 12.7 Å². The fourth-order valence-corrected chi connectivity index (χ4v) is 1.53. The summed E-state index contributed by atoms with van der Waals surface area (Å²) in [5, 5.41) is 0. The minimum Gasteiger partial charge on any atom is -0.465 e. The van der Waals surface area contributed by atoms with Crippen LogP contribution in [0.1, 0.15) is 35.2 Å². The summed E-state index contributed by atoms with van der Waals surface area (Å²) in [6.45, 7) is 0. The first-order chi connectivity index (χ1) is 7.77. The molecule has 0 heterocycles. The van der Waals surface area contributed by atoms with Crippen molar-refractivity contribution in [3.8, 4) is 12.3 Å². The Morgan fingerprint density at radius 2 is 2.25 bits per heavy atom. The zero-order valence-corrected chi connectivity index (χ0v) is 9.53. The topological polar surface area (TPSA) is 26.3 Å². The molecule has 0 saturated carbocycles. The van der Waals surface area contributed by atoms with E-state index in [9.17, 15) is 4.79 Å². The molecule has 0 aliphatic rings. The van der Waals surface area contributed by atoms with Gasteiger partial charge in [-0.25, -0.2) is 4.79 Å². The number of carbonyl (C=O) groups excluding carboxylic acids is 1. The molecule has 0 amide bonds. The fourth-order valence-electron chi connectivity index (χ4n) is 1.53. The Kier molecular flexibility index (Phi) is 5.15. The molecule has 2 nitrogen and oxygen atoms in total. The van der Waals surface area contributed by atoms with Gasteiger partial charge in [-0.05, 0) is 37.0 Å². The third kappa shape index (κ3) is 3.78. The van der Waals surface area contributed by atoms with Crippen molar-refractivity contribution in [2.24, 2.45) is 0 Å². The zero-order chi connectivity index (χ0) is 11.8. The second-order valence-electron chi connectivity index (χ2n) is 3.60. The standard InChI is InChI=1S/C14H16O2/c1-3-4-5-6-8-12-9-7-10-13(11-12)14(15)16-2/h1,7,9-11H,4-6,8H2,2H3. The molecule has 2 heteroatoms. The summed E-state index contributed by atoms with van der Waals surface area (Å²) in [5.41, 5.74) is 1.76. The molecule has 0 N–H and O–H groups in total. The first-order valence-electron chi connectivity index (χ1n) is 5.38. The number of hydrogen-bond donors (Lipinski definition) is 0. The summed E-state index contributed by atoms with van der Waals surface area (Å²) in [7, 11) is 1.39.